The number of sulfonamides is 1. The van der Waals surface area contributed by atoms with E-state index in [1.165, 1.54) is 12.1 Å². The number of rotatable bonds is 8. The van der Waals surface area contributed by atoms with Crippen LogP contribution in [0.3, 0.4) is 0 Å². The van der Waals surface area contributed by atoms with Gasteiger partial charge in [-0.1, -0.05) is 12.1 Å². The van der Waals surface area contributed by atoms with Crippen molar-refractivity contribution in [3.8, 4) is 0 Å². The van der Waals surface area contributed by atoms with Crippen LogP contribution in [-0.2, 0) is 21.3 Å². The lowest BCUT2D eigenvalue weighted by molar-refractivity contribution is 0.0696. The van der Waals surface area contributed by atoms with Crippen molar-refractivity contribution in [2.75, 3.05) is 19.0 Å². The zero-order chi connectivity index (χ0) is 14.3. The summed E-state index contributed by atoms with van der Waals surface area (Å²) in [7, 11) is -3.41. The van der Waals surface area contributed by atoms with Crippen molar-refractivity contribution in [2.24, 2.45) is 0 Å². The lowest BCUT2D eigenvalue weighted by Crippen LogP contribution is -2.28. The van der Waals surface area contributed by atoms with Crippen LogP contribution in [0.25, 0.3) is 0 Å². The van der Waals surface area contributed by atoms with Crippen molar-refractivity contribution in [1.82, 2.24) is 4.72 Å². The van der Waals surface area contributed by atoms with E-state index in [1.54, 1.807) is 19.1 Å². The van der Waals surface area contributed by atoms with Crippen molar-refractivity contribution in [3.63, 3.8) is 0 Å². The Balaban J connectivity index is 2.56. The summed E-state index contributed by atoms with van der Waals surface area (Å²) in [6.07, 6.45) is 0. The standard InChI is InChI=1S/C12H17NO5S/c1-2-18-6-7-19(16,17)13-9-10-4-3-5-11(8-10)12(14)15/h3-5,8,13H,2,6-7,9H2,1H3,(H,14,15). The summed E-state index contributed by atoms with van der Waals surface area (Å²) in [6, 6.07) is 6.13. The van der Waals surface area contributed by atoms with E-state index in [1.807, 2.05) is 0 Å². The molecule has 1 rings (SSSR count). The van der Waals surface area contributed by atoms with Gasteiger partial charge < -0.3 is 9.84 Å². The predicted octanol–water partition coefficient (Wildman–Crippen LogP) is 0.841. The van der Waals surface area contributed by atoms with E-state index in [0.29, 0.717) is 12.2 Å². The minimum Gasteiger partial charge on any atom is -0.478 e. The minimum absolute atomic E-state index is 0.0651. The van der Waals surface area contributed by atoms with Crippen molar-refractivity contribution < 1.29 is 23.1 Å². The zero-order valence-corrected chi connectivity index (χ0v) is 11.4. The van der Waals surface area contributed by atoms with Crippen molar-refractivity contribution >= 4 is 16.0 Å². The van der Waals surface area contributed by atoms with Crippen LogP contribution in [0.15, 0.2) is 24.3 Å². The Morgan fingerprint density at radius 1 is 1.42 bits per heavy atom. The SMILES string of the molecule is CCOCCS(=O)(=O)NCc1cccc(C(=O)O)c1. The smallest absolute Gasteiger partial charge is 0.335 e. The molecule has 0 amide bonds. The third-order valence-electron chi connectivity index (χ3n) is 2.37. The minimum atomic E-state index is -3.41. The molecule has 0 atom stereocenters. The molecule has 0 aliphatic carbocycles. The number of nitrogens with one attached hydrogen (secondary N) is 1. The molecule has 1 aromatic carbocycles. The Labute approximate surface area is 112 Å². The lowest BCUT2D eigenvalue weighted by atomic mass is 10.1. The molecule has 19 heavy (non-hydrogen) atoms. The molecule has 0 radical (unpaired) electrons. The normalized spacial score (nSPS) is 11.4. The molecular formula is C12H17NO5S. The van der Waals surface area contributed by atoms with Gasteiger partial charge in [0.05, 0.1) is 17.9 Å². The summed E-state index contributed by atoms with van der Waals surface area (Å²) >= 11 is 0. The molecule has 7 heteroatoms. The first-order valence-electron chi connectivity index (χ1n) is 5.82. The van der Waals surface area contributed by atoms with Crippen LogP contribution in [0.5, 0.6) is 0 Å². The lowest BCUT2D eigenvalue weighted by Gasteiger charge is -2.07. The average molecular weight is 287 g/mol. The highest BCUT2D eigenvalue weighted by Crippen LogP contribution is 2.05. The molecule has 0 heterocycles. The van der Waals surface area contributed by atoms with Crippen LogP contribution in [0.4, 0.5) is 0 Å². The van der Waals surface area contributed by atoms with Gasteiger partial charge >= 0.3 is 5.97 Å². The Morgan fingerprint density at radius 3 is 2.79 bits per heavy atom. The van der Waals surface area contributed by atoms with E-state index < -0.39 is 16.0 Å². The Bertz CT molecular complexity index is 527. The largest absolute Gasteiger partial charge is 0.478 e. The average Bonchev–Trinajstić information content (AvgIpc) is 2.37. The zero-order valence-electron chi connectivity index (χ0n) is 10.6. The van der Waals surface area contributed by atoms with Crippen molar-refractivity contribution in [2.45, 2.75) is 13.5 Å². The first kappa shape index (κ1) is 15.6. The first-order chi connectivity index (χ1) is 8.94. The molecular weight excluding hydrogens is 270 g/mol. The number of benzene rings is 1. The fourth-order valence-corrected chi connectivity index (χ4v) is 2.26. The number of hydrogen-bond donors (Lipinski definition) is 2. The van der Waals surface area contributed by atoms with Gasteiger partial charge in [0, 0.05) is 13.2 Å². The highest BCUT2D eigenvalue weighted by molar-refractivity contribution is 7.89. The maximum Gasteiger partial charge on any atom is 0.335 e. The molecule has 106 valence electrons. The van der Waals surface area contributed by atoms with E-state index in [2.05, 4.69) is 4.72 Å². The van der Waals surface area contributed by atoms with E-state index in [9.17, 15) is 13.2 Å². The topological polar surface area (TPSA) is 92.7 Å². The molecule has 0 saturated carbocycles. The monoisotopic (exact) mass is 287 g/mol. The molecule has 0 saturated heterocycles. The van der Waals surface area contributed by atoms with Gasteiger partial charge in [-0.25, -0.2) is 17.9 Å². The number of ether oxygens (including phenoxy) is 1. The quantitative estimate of drug-likeness (QED) is 0.691. The molecule has 1 aromatic rings. The summed E-state index contributed by atoms with van der Waals surface area (Å²) in [5.41, 5.74) is 0.728. The van der Waals surface area contributed by atoms with Crippen LogP contribution in [0.2, 0.25) is 0 Å². The van der Waals surface area contributed by atoms with Crippen molar-refractivity contribution in [3.05, 3.63) is 35.4 Å². The van der Waals surface area contributed by atoms with Gasteiger partial charge in [-0.3, -0.25) is 0 Å². The number of hydrogen-bond acceptors (Lipinski definition) is 4. The molecule has 6 nitrogen and oxygen atoms in total. The van der Waals surface area contributed by atoms with E-state index in [0.717, 1.165) is 0 Å². The fourth-order valence-electron chi connectivity index (χ4n) is 1.39. The Kier molecular flexibility index (Phi) is 5.94. The summed E-state index contributed by atoms with van der Waals surface area (Å²) < 4.78 is 30.6. The third-order valence-corrected chi connectivity index (χ3v) is 3.66. The molecule has 0 aliphatic heterocycles. The van der Waals surface area contributed by atoms with E-state index >= 15 is 0 Å². The second kappa shape index (κ2) is 7.22. The molecule has 0 spiro atoms. The third kappa shape index (κ3) is 5.82. The van der Waals surface area contributed by atoms with Gasteiger partial charge in [-0.2, -0.15) is 0 Å². The maximum absolute atomic E-state index is 11.6. The number of aromatic carboxylic acids is 1. The van der Waals surface area contributed by atoms with Crippen LogP contribution >= 0.6 is 0 Å². The molecule has 0 bridgehead atoms. The fraction of sp³-hybridized carbons (Fsp3) is 0.417. The van der Waals surface area contributed by atoms with Gasteiger partial charge in [0.15, 0.2) is 0 Å². The van der Waals surface area contributed by atoms with Crippen molar-refractivity contribution in [1.29, 1.82) is 0 Å². The predicted molar refractivity (Wildman–Crippen MR) is 70.5 cm³/mol. The Morgan fingerprint density at radius 2 is 2.16 bits per heavy atom. The molecule has 0 aromatic heterocycles. The molecule has 0 unspecified atom stereocenters. The van der Waals surface area contributed by atoms with Crippen LogP contribution in [0, 0.1) is 0 Å². The molecule has 2 N–H and O–H groups in total. The van der Waals surface area contributed by atoms with Gasteiger partial charge in [-0.15, -0.1) is 0 Å². The second-order valence-electron chi connectivity index (χ2n) is 3.84. The summed E-state index contributed by atoms with van der Waals surface area (Å²) in [4.78, 5) is 10.8. The molecule has 0 aliphatic rings. The van der Waals surface area contributed by atoms with Gasteiger partial charge in [-0.05, 0) is 24.6 Å². The summed E-state index contributed by atoms with van der Waals surface area (Å²) in [5.74, 6) is -1.15. The second-order valence-corrected chi connectivity index (χ2v) is 5.77. The number of carboxylic acid groups (broad SMARTS) is 1. The van der Waals surface area contributed by atoms with E-state index in [-0.39, 0.29) is 24.5 Å². The van der Waals surface area contributed by atoms with Crippen LogP contribution in [0.1, 0.15) is 22.8 Å². The first-order valence-corrected chi connectivity index (χ1v) is 7.47. The maximum atomic E-state index is 11.6. The van der Waals surface area contributed by atoms with Gasteiger partial charge in [0.25, 0.3) is 0 Å². The van der Waals surface area contributed by atoms with Crippen LogP contribution < -0.4 is 4.72 Å². The number of carboxylic acids is 1. The van der Waals surface area contributed by atoms with Crippen LogP contribution in [-0.4, -0.2) is 38.5 Å². The van der Waals surface area contributed by atoms with E-state index in [4.69, 9.17) is 9.84 Å². The highest BCUT2D eigenvalue weighted by Gasteiger charge is 2.10. The summed E-state index contributed by atoms with van der Waals surface area (Å²) in [6.45, 7) is 2.46. The number of carbonyl (C=O) groups is 1. The Hall–Kier alpha value is -1.44. The summed E-state index contributed by atoms with van der Waals surface area (Å²) in [5, 5.41) is 8.83. The highest BCUT2D eigenvalue weighted by atomic mass is 32.2. The van der Waals surface area contributed by atoms with Gasteiger partial charge in [0.2, 0.25) is 10.0 Å². The molecule has 0 fully saturated rings. The van der Waals surface area contributed by atoms with Gasteiger partial charge in [0.1, 0.15) is 0 Å².